The summed E-state index contributed by atoms with van der Waals surface area (Å²) >= 11 is 0. The lowest BCUT2D eigenvalue weighted by molar-refractivity contribution is -0.401. The summed E-state index contributed by atoms with van der Waals surface area (Å²) in [5.74, 6) is -3.33. The predicted molar refractivity (Wildman–Crippen MR) is 285 cm³/mol. The van der Waals surface area contributed by atoms with Crippen molar-refractivity contribution in [2.24, 2.45) is 50.2 Å². The highest BCUT2D eigenvalue weighted by Crippen LogP contribution is 2.76. The molecule has 84 heavy (non-hydrogen) atoms. The molecule has 0 radical (unpaired) electrons. The van der Waals surface area contributed by atoms with Crippen LogP contribution >= 0.6 is 0 Å². The van der Waals surface area contributed by atoms with Gasteiger partial charge in [-0.1, -0.05) is 66.2 Å². The highest BCUT2D eigenvalue weighted by molar-refractivity contribution is 5.87. The van der Waals surface area contributed by atoms with Crippen LogP contribution in [0.3, 0.4) is 0 Å². The fraction of sp³-hybridized carbons (Fsp3) is 0.897. The second kappa shape index (κ2) is 23.7. The number of carboxylic acids is 1. The van der Waals surface area contributed by atoms with Crippen molar-refractivity contribution in [3.8, 4) is 0 Å². The van der Waals surface area contributed by atoms with Gasteiger partial charge in [-0.15, -0.1) is 0 Å². The number of hydrogen-bond acceptors (Lipinski definition) is 25. The lowest BCUT2D eigenvalue weighted by atomic mass is 9.32. The summed E-state index contributed by atoms with van der Waals surface area (Å²) in [4.78, 5) is 26.4. The van der Waals surface area contributed by atoms with Crippen molar-refractivity contribution in [2.75, 3.05) is 19.8 Å². The van der Waals surface area contributed by atoms with E-state index in [-0.39, 0.29) is 18.3 Å². The second-order valence-corrected chi connectivity index (χ2v) is 27.5. The van der Waals surface area contributed by atoms with Crippen LogP contribution in [0, 0.1) is 50.2 Å². The fourth-order valence-corrected chi connectivity index (χ4v) is 17.1. The Labute approximate surface area is 487 Å². The molecule has 4 heterocycles. The molecule has 31 atom stereocenters. The number of aliphatic hydroxyl groups excluding tert-OH is 14. The summed E-state index contributed by atoms with van der Waals surface area (Å²) in [6.07, 6.45) is -35.5. The van der Waals surface area contributed by atoms with Crippen LogP contribution in [0.15, 0.2) is 23.3 Å². The van der Waals surface area contributed by atoms with Gasteiger partial charge in [0, 0.05) is 16.4 Å². The predicted octanol–water partition coefficient (Wildman–Crippen LogP) is -2.40. The monoisotopic (exact) mass is 1200 g/mol. The van der Waals surface area contributed by atoms with Crippen LogP contribution in [-0.2, 0) is 52.2 Å². The van der Waals surface area contributed by atoms with Gasteiger partial charge in [-0.2, -0.15) is 0 Å². The third-order valence-electron chi connectivity index (χ3n) is 22.4. The maximum absolute atomic E-state index is 13.2. The first-order chi connectivity index (χ1) is 39.1. The Morgan fingerprint density at radius 1 is 0.667 bits per heavy atom. The summed E-state index contributed by atoms with van der Waals surface area (Å²) in [6, 6.07) is 0. The quantitative estimate of drug-likeness (QED) is 0.0395. The number of carboxylic acid groups (broad SMARTS) is 1. The van der Waals surface area contributed by atoms with Crippen LogP contribution in [0.25, 0.3) is 0 Å². The highest BCUT2D eigenvalue weighted by atomic mass is 16.8. The van der Waals surface area contributed by atoms with Crippen LogP contribution in [-0.4, -0.2) is 256 Å². The molecule has 4 saturated carbocycles. The first-order valence-electron chi connectivity index (χ1n) is 29.5. The molecule has 0 bridgehead atoms. The summed E-state index contributed by atoms with van der Waals surface area (Å²) in [5.41, 5.74) is -4.61. The Hall–Kier alpha value is -2.46. The van der Waals surface area contributed by atoms with E-state index < -0.39 is 217 Å². The Bertz CT molecular complexity index is 2440. The van der Waals surface area contributed by atoms with Crippen LogP contribution in [0.4, 0.5) is 0 Å². The number of hydrogen-bond donors (Lipinski definition) is 15. The van der Waals surface area contributed by atoms with E-state index in [0.29, 0.717) is 37.7 Å². The summed E-state index contributed by atoms with van der Waals surface area (Å²) in [7, 11) is 0. The van der Waals surface area contributed by atoms with Gasteiger partial charge in [0.1, 0.15) is 91.6 Å². The molecule has 26 nitrogen and oxygen atoms in total. The zero-order valence-corrected chi connectivity index (χ0v) is 49.3. The zero-order valence-electron chi connectivity index (χ0n) is 49.3. The van der Waals surface area contributed by atoms with Gasteiger partial charge in [0.2, 0.25) is 0 Å². The molecular formula is C58H92O26. The third-order valence-corrected chi connectivity index (χ3v) is 22.4. The number of aliphatic carboxylic acids is 1. The second-order valence-electron chi connectivity index (χ2n) is 27.5. The molecule has 8 fully saturated rings. The number of ether oxygens (including phenoxy) is 9. The molecule has 0 spiro atoms. The molecule has 0 aromatic carbocycles. The van der Waals surface area contributed by atoms with Gasteiger partial charge in [0.05, 0.1) is 49.7 Å². The van der Waals surface area contributed by atoms with Gasteiger partial charge in [-0.05, 0) is 93.3 Å². The number of esters is 1. The van der Waals surface area contributed by atoms with Gasteiger partial charge in [0.15, 0.2) is 31.3 Å². The van der Waals surface area contributed by atoms with Crippen LogP contribution in [0.5, 0.6) is 0 Å². The molecule has 0 amide bonds. The summed E-state index contributed by atoms with van der Waals surface area (Å²) < 4.78 is 54.8. The molecule has 9 aliphatic rings. The Morgan fingerprint density at radius 3 is 1.90 bits per heavy atom. The van der Waals surface area contributed by atoms with Gasteiger partial charge in [-0.3, -0.25) is 0 Å². The van der Waals surface area contributed by atoms with E-state index in [1.165, 1.54) is 6.92 Å². The minimum Gasteiger partial charge on any atom is -0.479 e. The average molecular weight is 1210 g/mol. The van der Waals surface area contributed by atoms with Crippen molar-refractivity contribution < 1.29 is 129 Å². The van der Waals surface area contributed by atoms with E-state index in [1.54, 1.807) is 19.9 Å². The van der Waals surface area contributed by atoms with E-state index in [4.69, 9.17) is 42.6 Å². The topological polar surface area (TPSA) is 421 Å². The number of fused-ring (bicyclic) bond motifs is 7. The lowest BCUT2D eigenvalue weighted by Gasteiger charge is -2.73. The maximum Gasteiger partial charge on any atom is 0.335 e. The zero-order chi connectivity index (χ0) is 62.0. The Balaban J connectivity index is 1.04. The number of rotatable bonds is 13. The van der Waals surface area contributed by atoms with E-state index in [9.17, 15) is 86.2 Å². The number of aliphatic hydroxyl groups is 14. The van der Waals surface area contributed by atoms with E-state index in [1.807, 2.05) is 34.6 Å². The molecule has 4 saturated heterocycles. The van der Waals surface area contributed by atoms with Crippen molar-refractivity contribution in [1.82, 2.24) is 0 Å². The van der Waals surface area contributed by atoms with Gasteiger partial charge in [-0.25, -0.2) is 9.59 Å². The van der Waals surface area contributed by atoms with E-state index in [2.05, 4.69) is 19.9 Å². The SMILES string of the molecule is C/C=C(/C)C(=O)O[C@H]1[C@H](O)[C@@]2(CO)C(CC1(C)C)C1=CCC3[C@@]4(C)CC[C@H](O[C@@H]5O[C@H](C(=O)O)[C@@H](O)[C@H](O[C@@H]6OC[C@H](O)[C@H](O)[C@H]6O[C@@H]6O[C@@H](C)[C@H](O)[C@@H](O)[C@H]6O)[C@H]5O[C@@H]5O[C@H](CO)[C@H](O)[C@H](O)[C@H]5O)C(C)(C)C4CC[C@@]3(C)[C@]1(C)[C@@H](O)[C@H]2O. The van der Waals surface area contributed by atoms with Crippen LogP contribution in [0.2, 0.25) is 0 Å². The lowest BCUT2D eigenvalue weighted by Crippen LogP contribution is -2.76. The number of allylic oxidation sites excluding steroid dienone is 2. The van der Waals surface area contributed by atoms with Gasteiger partial charge < -0.3 is 119 Å². The normalized spacial score (nSPS) is 52.8. The molecule has 0 aromatic rings. The first-order valence-corrected chi connectivity index (χ1v) is 29.5. The molecular weight excluding hydrogens is 1110 g/mol. The minimum atomic E-state index is -2.23. The van der Waals surface area contributed by atoms with Crippen molar-refractivity contribution in [1.29, 1.82) is 0 Å². The standard InChI is InChI=1S/C58H92O26/c1-11-22(2)48(75)84-46-45(72)58(21-60)25(18-53(46,4)5)24-12-13-29-55(8)16-15-30(54(6,7)28(55)14-17-56(29,9)57(24,10)43(70)44(58)71)79-52-42(83-50-37(68)35(66)33(64)27(19-59)78-50)39(38(69)40(81-52)47(73)74)80-51-41(32(63)26(61)20-76-51)82-49-36(67)34(65)31(62)23(3)77-49/h11-12,23,25-46,49-52,59-72H,13-21H2,1-10H3,(H,73,74)/b22-11-/t23-,25?,26-,27+,28?,29?,30-,31-,32-,33-,34+,35-,36+,37+,38-,39-,40-,41+,42+,43-,44+,45-,46-,49-,50-,51-,52+,55-,56+,57-,58-/m0/s1. The first kappa shape index (κ1) is 66.0. The summed E-state index contributed by atoms with van der Waals surface area (Å²) in [5, 5.41) is 169. The Kier molecular flexibility index (Phi) is 18.6. The third kappa shape index (κ3) is 10.3. The fourth-order valence-electron chi connectivity index (χ4n) is 17.1. The molecule has 26 heteroatoms. The van der Waals surface area contributed by atoms with Crippen LogP contribution in [0.1, 0.15) is 108 Å². The molecule has 9 rings (SSSR count). The van der Waals surface area contributed by atoms with Crippen molar-refractivity contribution in [2.45, 2.75) is 255 Å². The molecule has 15 N–H and O–H groups in total. The van der Waals surface area contributed by atoms with E-state index >= 15 is 0 Å². The smallest absolute Gasteiger partial charge is 0.335 e. The summed E-state index contributed by atoms with van der Waals surface area (Å²) in [6.45, 7) is 16.5. The van der Waals surface area contributed by atoms with Gasteiger partial charge >= 0.3 is 11.9 Å². The minimum absolute atomic E-state index is 0.158. The van der Waals surface area contributed by atoms with Crippen molar-refractivity contribution >= 4 is 11.9 Å². The Morgan fingerprint density at radius 2 is 1.29 bits per heavy atom. The molecule has 480 valence electrons. The molecule has 3 unspecified atom stereocenters. The van der Waals surface area contributed by atoms with Crippen molar-refractivity contribution in [3.63, 3.8) is 0 Å². The largest absolute Gasteiger partial charge is 0.479 e. The van der Waals surface area contributed by atoms with E-state index in [0.717, 1.165) is 5.57 Å². The highest BCUT2D eigenvalue weighted by Gasteiger charge is 2.76. The van der Waals surface area contributed by atoms with Crippen LogP contribution < -0.4 is 0 Å². The number of carbonyl (C=O) groups excluding carboxylic acids is 1. The van der Waals surface area contributed by atoms with Crippen molar-refractivity contribution in [3.05, 3.63) is 23.3 Å². The molecule has 0 aromatic heterocycles. The molecule has 5 aliphatic carbocycles. The molecule has 4 aliphatic heterocycles. The maximum atomic E-state index is 13.2. The van der Waals surface area contributed by atoms with Gasteiger partial charge in [0.25, 0.3) is 0 Å². The number of carbonyl (C=O) groups is 2. The average Bonchev–Trinajstić information content (AvgIpc) is 1.06.